The van der Waals surface area contributed by atoms with Crippen molar-refractivity contribution in [3.63, 3.8) is 0 Å². The first-order valence-electron chi connectivity index (χ1n) is 6.32. The minimum absolute atomic E-state index is 0.157. The molecule has 0 aliphatic heterocycles. The van der Waals surface area contributed by atoms with Crippen molar-refractivity contribution in [2.75, 3.05) is 0 Å². The number of aryl methyl sites for hydroxylation is 2. The van der Waals surface area contributed by atoms with Crippen molar-refractivity contribution >= 4 is 16.3 Å². The quantitative estimate of drug-likeness (QED) is 0.541. The highest BCUT2D eigenvalue weighted by Gasteiger charge is 1.99. The standard InChI is InChI=1S/C7H8N2O2.C7H8O.H2O4S/c1-9-4-5(7(8)11)2-3-6(9)10;1-6-2-4-7(8)5-3-6;1-5(2,3)4/h2-4H,1H3,(H2,8,11);2-5,8H,1H3;(H2,1,2,3,4). The zero-order valence-corrected chi connectivity index (χ0v) is 13.8. The van der Waals surface area contributed by atoms with Crippen molar-refractivity contribution < 1.29 is 27.4 Å². The highest BCUT2D eigenvalue weighted by molar-refractivity contribution is 7.79. The van der Waals surface area contributed by atoms with Crippen LogP contribution in [0.1, 0.15) is 15.9 Å². The van der Waals surface area contributed by atoms with Crippen LogP contribution in [0.3, 0.4) is 0 Å². The first kappa shape index (κ1) is 21.3. The SMILES string of the molecule is Cc1ccc(O)cc1.Cn1cc(C(N)=O)ccc1=O.O=S(=O)(O)O. The van der Waals surface area contributed by atoms with Gasteiger partial charge in [-0.15, -0.1) is 0 Å². The van der Waals surface area contributed by atoms with Crippen LogP contribution in [0.15, 0.2) is 47.4 Å². The van der Waals surface area contributed by atoms with E-state index in [-0.39, 0.29) is 5.56 Å². The maximum Gasteiger partial charge on any atom is 0.394 e. The van der Waals surface area contributed by atoms with Crippen LogP contribution in [-0.2, 0) is 17.4 Å². The van der Waals surface area contributed by atoms with Crippen molar-refractivity contribution in [3.05, 3.63) is 64.1 Å². The summed E-state index contributed by atoms with van der Waals surface area (Å²) < 4.78 is 32.9. The van der Waals surface area contributed by atoms with Gasteiger partial charge in [-0.3, -0.25) is 18.7 Å². The summed E-state index contributed by atoms with van der Waals surface area (Å²) in [6, 6.07) is 9.81. The van der Waals surface area contributed by atoms with Crippen LogP contribution in [-0.4, -0.2) is 33.1 Å². The molecule has 2 aromatic rings. The van der Waals surface area contributed by atoms with Gasteiger partial charge in [-0.2, -0.15) is 8.42 Å². The van der Waals surface area contributed by atoms with Crippen molar-refractivity contribution in [3.8, 4) is 5.75 Å². The monoisotopic (exact) mass is 358 g/mol. The van der Waals surface area contributed by atoms with Crippen LogP contribution < -0.4 is 11.3 Å². The normalized spacial score (nSPS) is 9.83. The van der Waals surface area contributed by atoms with Crippen LogP contribution in [0.2, 0.25) is 0 Å². The average molecular weight is 358 g/mol. The summed E-state index contributed by atoms with van der Waals surface area (Å²) in [7, 11) is -3.10. The number of pyridine rings is 1. The molecule has 0 fully saturated rings. The van der Waals surface area contributed by atoms with Gasteiger partial charge in [-0.05, 0) is 25.1 Å². The molecule has 0 radical (unpaired) electrons. The van der Waals surface area contributed by atoms with Gasteiger partial charge in [-0.25, -0.2) is 0 Å². The molecular formula is C14H18N2O7S. The molecule has 1 amide bonds. The number of hydrogen-bond acceptors (Lipinski definition) is 5. The molecule has 1 heterocycles. The Balaban J connectivity index is 0.000000358. The highest BCUT2D eigenvalue weighted by atomic mass is 32.3. The third kappa shape index (κ3) is 11.0. The third-order valence-electron chi connectivity index (χ3n) is 2.40. The second-order valence-electron chi connectivity index (χ2n) is 4.51. The molecule has 0 saturated heterocycles. The topological polar surface area (TPSA) is 160 Å². The Morgan fingerprint density at radius 1 is 1.08 bits per heavy atom. The number of benzene rings is 1. The molecule has 132 valence electrons. The Kier molecular flexibility index (Phi) is 8.39. The van der Waals surface area contributed by atoms with Crippen molar-refractivity contribution in [2.24, 2.45) is 12.8 Å². The number of hydrogen-bond donors (Lipinski definition) is 4. The molecule has 1 aromatic carbocycles. The molecule has 1 aromatic heterocycles. The number of amides is 1. The van der Waals surface area contributed by atoms with Gasteiger partial charge in [0.15, 0.2) is 0 Å². The second-order valence-corrected chi connectivity index (χ2v) is 5.41. The molecule has 0 unspecified atom stereocenters. The molecule has 0 atom stereocenters. The number of nitrogens with zero attached hydrogens (tertiary/aromatic N) is 1. The van der Waals surface area contributed by atoms with Gasteiger partial charge >= 0.3 is 10.4 Å². The Labute approximate surface area is 138 Å². The first-order chi connectivity index (χ1) is 10.9. The molecule has 10 heteroatoms. The van der Waals surface area contributed by atoms with E-state index in [1.54, 1.807) is 19.2 Å². The summed E-state index contributed by atoms with van der Waals surface area (Å²) in [5.41, 5.74) is 6.33. The lowest BCUT2D eigenvalue weighted by Gasteiger charge is -1.97. The molecule has 9 nitrogen and oxygen atoms in total. The Bertz CT molecular complexity index is 798. The lowest BCUT2D eigenvalue weighted by atomic mass is 10.2. The molecule has 0 aliphatic rings. The van der Waals surface area contributed by atoms with Crippen LogP contribution >= 0.6 is 0 Å². The van der Waals surface area contributed by atoms with Crippen molar-refractivity contribution in [1.82, 2.24) is 4.57 Å². The van der Waals surface area contributed by atoms with E-state index >= 15 is 0 Å². The minimum Gasteiger partial charge on any atom is -0.508 e. The van der Waals surface area contributed by atoms with Gasteiger partial charge in [0.2, 0.25) is 11.5 Å². The van der Waals surface area contributed by atoms with E-state index in [4.69, 9.17) is 28.4 Å². The molecular weight excluding hydrogens is 340 g/mol. The van der Waals surface area contributed by atoms with Gasteiger partial charge in [0, 0.05) is 19.3 Å². The van der Waals surface area contributed by atoms with Gasteiger partial charge in [0.05, 0.1) is 5.56 Å². The summed E-state index contributed by atoms with van der Waals surface area (Å²) in [4.78, 5) is 21.4. The zero-order valence-electron chi connectivity index (χ0n) is 12.9. The molecule has 0 saturated carbocycles. The fourth-order valence-corrected chi connectivity index (χ4v) is 1.28. The third-order valence-corrected chi connectivity index (χ3v) is 2.40. The average Bonchev–Trinajstić information content (AvgIpc) is 2.44. The number of rotatable bonds is 1. The zero-order chi connectivity index (χ0) is 18.9. The fourth-order valence-electron chi connectivity index (χ4n) is 1.28. The largest absolute Gasteiger partial charge is 0.508 e. The number of carbonyl (C=O) groups is 1. The molecule has 5 N–H and O–H groups in total. The molecule has 2 rings (SSSR count). The van der Waals surface area contributed by atoms with Crippen LogP contribution in [0.4, 0.5) is 0 Å². The van der Waals surface area contributed by atoms with Crippen molar-refractivity contribution in [2.45, 2.75) is 6.92 Å². The number of primary amides is 1. The number of nitrogens with two attached hydrogens (primary N) is 1. The predicted molar refractivity (Wildman–Crippen MR) is 87.2 cm³/mol. The van der Waals surface area contributed by atoms with Crippen LogP contribution in [0.25, 0.3) is 0 Å². The summed E-state index contributed by atoms with van der Waals surface area (Å²) in [5.74, 6) is -0.198. The predicted octanol–water partition coefficient (Wildman–Crippen LogP) is 0.532. The molecule has 24 heavy (non-hydrogen) atoms. The second kappa shape index (κ2) is 9.45. The maximum atomic E-state index is 10.8. The summed E-state index contributed by atoms with van der Waals surface area (Å²) >= 11 is 0. The number of aromatic nitrogens is 1. The van der Waals surface area contributed by atoms with Gasteiger partial charge in [-0.1, -0.05) is 17.7 Å². The lowest BCUT2D eigenvalue weighted by molar-refractivity contribution is 0.0999. The summed E-state index contributed by atoms with van der Waals surface area (Å²) in [6.07, 6.45) is 1.41. The van der Waals surface area contributed by atoms with Crippen LogP contribution in [0, 0.1) is 6.92 Å². The van der Waals surface area contributed by atoms with Gasteiger partial charge in [0.25, 0.3) is 0 Å². The summed E-state index contributed by atoms with van der Waals surface area (Å²) in [5, 5.41) is 8.76. The molecule has 0 spiro atoms. The van der Waals surface area contributed by atoms with E-state index in [0.717, 1.165) is 0 Å². The lowest BCUT2D eigenvalue weighted by Crippen LogP contribution is -2.19. The van der Waals surface area contributed by atoms with E-state index in [1.807, 2.05) is 19.1 Å². The van der Waals surface area contributed by atoms with Crippen LogP contribution in [0.5, 0.6) is 5.75 Å². The van der Waals surface area contributed by atoms with E-state index in [0.29, 0.717) is 11.3 Å². The van der Waals surface area contributed by atoms with E-state index < -0.39 is 16.3 Å². The number of aromatic hydroxyl groups is 1. The van der Waals surface area contributed by atoms with E-state index in [2.05, 4.69) is 0 Å². The first-order valence-corrected chi connectivity index (χ1v) is 7.72. The fraction of sp³-hybridized carbons (Fsp3) is 0.143. The van der Waals surface area contributed by atoms with Gasteiger partial charge < -0.3 is 15.4 Å². The van der Waals surface area contributed by atoms with Crippen molar-refractivity contribution in [1.29, 1.82) is 0 Å². The number of phenolic OH excluding ortho intramolecular Hbond substituents is 1. The highest BCUT2D eigenvalue weighted by Crippen LogP contribution is 2.07. The number of carbonyl (C=O) groups excluding carboxylic acids is 1. The molecule has 0 bridgehead atoms. The number of phenols is 1. The Morgan fingerprint density at radius 2 is 1.54 bits per heavy atom. The van der Waals surface area contributed by atoms with E-state index in [9.17, 15) is 9.59 Å². The smallest absolute Gasteiger partial charge is 0.394 e. The Morgan fingerprint density at radius 3 is 1.88 bits per heavy atom. The van der Waals surface area contributed by atoms with E-state index in [1.165, 1.54) is 28.5 Å². The Hall–Kier alpha value is -2.69. The minimum atomic E-state index is -4.67. The maximum absolute atomic E-state index is 10.8. The molecule has 0 aliphatic carbocycles. The summed E-state index contributed by atoms with van der Waals surface area (Å²) in [6.45, 7) is 1.99. The van der Waals surface area contributed by atoms with Gasteiger partial charge in [0.1, 0.15) is 5.75 Å².